The molecule has 1 saturated heterocycles. The molecular weight excluding hydrogens is 408 g/mol. The molecule has 1 fully saturated rings. The molecule has 1 N–H and O–H groups in total. The molecule has 0 saturated carbocycles. The van der Waals surface area contributed by atoms with E-state index in [1.54, 1.807) is 11.4 Å². The van der Waals surface area contributed by atoms with E-state index >= 15 is 0 Å². The molecule has 0 bridgehead atoms. The summed E-state index contributed by atoms with van der Waals surface area (Å²) in [5, 5.41) is 5.87. The van der Waals surface area contributed by atoms with Gasteiger partial charge in [0.2, 0.25) is 0 Å². The predicted molar refractivity (Wildman–Crippen MR) is 115 cm³/mol. The van der Waals surface area contributed by atoms with Crippen LogP contribution in [-0.4, -0.2) is 30.1 Å². The first-order valence-electron chi connectivity index (χ1n) is 9.51. The average Bonchev–Trinajstić information content (AvgIpc) is 3.44. The van der Waals surface area contributed by atoms with Crippen LogP contribution >= 0.6 is 22.9 Å². The molecule has 150 valence electrons. The van der Waals surface area contributed by atoms with E-state index in [4.69, 9.17) is 21.1 Å². The third-order valence-corrected chi connectivity index (χ3v) is 5.86. The lowest BCUT2D eigenvalue weighted by Gasteiger charge is -2.09. The summed E-state index contributed by atoms with van der Waals surface area (Å²) in [7, 11) is 0. The number of carbonyl (C=O) groups excluding carboxylic acids is 1. The van der Waals surface area contributed by atoms with Gasteiger partial charge in [0.15, 0.2) is 0 Å². The van der Waals surface area contributed by atoms with Crippen molar-refractivity contribution in [3.63, 3.8) is 0 Å². The van der Waals surface area contributed by atoms with Gasteiger partial charge in [-0.2, -0.15) is 0 Å². The summed E-state index contributed by atoms with van der Waals surface area (Å²) in [5.41, 5.74) is 2.26. The van der Waals surface area contributed by atoms with Crippen LogP contribution in [0.25, 0.3) is 10.6 Å². The minimum Gasteiger partial charge on any atom is -0.489 e. The highest BCUT2D eigenvalue weighted by molar-refractivity contribution is 7.13. The molecule has 0 aliphatic carbocycles. The average molecular weight is 429 g/mol. The number of nitrogens with one attached hydrogen (secondary N) is 1. The minimum absolute atomic E-state index is 0.106. The van der Waals surface area contributed by atoms with Crippen molar-refractivity contribution in [1.82, 2.24) is 10.3 Å². The van der Waals surface area contributed by atoms with Gasteiger partial charge in [0, 0.05) is 24.1 Å². The van der Waals surface area contributed by atoms with Crippen molar-refractivity contribution in [2.24, 2.45) is 0 Å². The highest BCUT2D eigenvalue weighted by atomic mass is 35.5. The van der Waals surface area contributed by atoms with Crippen molar-refractivity contribution >= 4 is 28.8 Å². The number of rotatable bonds is 7. The number of benzene rings is 2. The van der Waals surface area contributed by atoms with Crippen molar-refractivity contribution in [2.75, 3.05) is 13.2 Å². The summed E-state index contributed by atoms with van der Waals surface area (Å²) in [4.78, 5) is 16.8. The van der Waals surface area contributed by atoms with Crippen LogP contribution < -0.4 is 10.1 Å². The van der Waals surface area contributed by atoms with E-state index in [2.05, 4.69) is 10.3 Å². The highest BCUT2D eigenvalue weighted by Gasteiger charge is 2.18. The van der Waals surface area contributed by atoms with Crippen molar-refractivity contribution in [2.45, 2.75) is 25.6 Å². The fourth-order valence-corrected chi connectivity index (χ4v) is 4.26. The van der Waals surface area contributed by atoms with Gasteiger partial charge < -0.3 is 14.8 Å². The van der Waals surface area contributed by atoms with Crippen molar-refractivity contribution in [3.05, 3.63) is 70.2 Å². The Morgan fingerprint density at radius 3 is 2.90 bits per heavy atom. The Kier molecular flexibility index (Phi) is 6.44. The zero-order valence-electron chi connectivity index (χ0n) is 15.8. The molecule has 29 heavy (non-hydrogen) atoms. The van der Waals surface area contributed by atoms with E-state index in [1.165, 1.54) is 11.3 Å². The Labute approximate surface area is 178 Å². The van der Waals surface area contributed by atoms with Gasteiger partial charge in [0.25, 0.3) is 5.91 Å². The monoisotopic (exact) mass is 428 g/mol. The van der Waals surface area contributed by atoms with E-state index < -0.39 is 0 Å². The Morgan fingerprint density at radius 2 is 2.14 bits per heavy atom. The fraction of sp³-hybridized carbons (Fsp3) is 0.273. The zero-order valence-corrected chi connectivity index (χ0v) is 17.3. The predicted octanol–water partition coefficient (Wildman–Crippen LogP) is 4.95. The van der Waals surface area contributed by atoms with E-state index in [0.717, 1.165) is 30.6 Å². The van der Waals surface area contributed by atoms with Gasteiger partial charge in [-0.15, -0.1) is 11.3 Å². The largest absolute Gasteiger partial charge is 0.489 e. The summed E-state index contributed by atoms with van der Waals surface area (Å²) < 4.78 is 11.3. The Morgan fingerprint density at radius 1 is 1.28 bits per heavy atom. The number of hydrogen-bond acceptors (Lipinski definition) is 5. The number of amides is 1. The van der Waals surface area contributed by atoms with E-state index in [0.29, 0.717) is 34.6 Å². The maximum Gasteiger partial charge on any atom is 0.270 e. The first-order chi connectivity index (χ1) is 14.2. The first-order valence-corrected chi connectivity index (χ1v) is 10.8. The van der Waals surface area contributed by atoms with Gasteiger partial charge in [-0.05, 0) is 36.6 Å². The molecule has 1 aliphatic heterocycles. The lowest BCUT2D eigenvalue weighted by atomic mass is 10.2. The summed E-state index contributed by atoms with van der Waals surface area (Å²) in [6.45, 7) is 1.76. The van der Waals surface area contributed by atoms with Crippen LogP contribution in [0, 0.1) is 0 Å². The van der Waals surface area contributed by atoms with E-state index in [1.807, 2.05) is 42.5 Å². The lowest BCUT2D eigenvalue weighted by molar-refractivity contribution is 0.0854. The van der Waals surface area contributed by atoms with Crippen molar-refractivity contribution in [1.29, 1.82) is 0 Å². The van der Waals surface area contributed by atoms with Crippen LogP contribution in [0.4, 0.5) is 0 Å². The third-order valence-electron chi connectivity index (χ3n) is 4.67. The lowest BCUT2D eigenvalue weighted by Crippen LogP contribution is -2.31. The molecule has 4 rings (SSSR count). The number of hydrogen-bond donors (Lipinski definition) is 1. The van der Waals surface area contributed by atoms with Crippen LogP contribution in [0.3, 0.4) is 0 Å². The second-order valence-electron chi connectivity index (χ2n) is 6.80. The van der Waals surface area contributed by atoms with Gasteiger partial charge in [-0.3, -0.25) is 4.79 Å². The number of thiazole rings is 1. The maximum atomic E-state index is 12.3. The topological polar surface area (TPSA) is 60.5 Å². The maximum absolute atomic E-state index is 12.3. The molecule has 1 aliphatic rings. The molecule has 7 heteroatoms. The molecule has 5 nitrogen and oxygen atoms in total. The molecule has 0 spiro atoms. The van der Waals surface area contributed by atoms with Gasteiger partial charge in [0.1, 0.15) is 23.1 Å². The van der Waals surface area contributed by atoms with Crippen molar-refractivity contribution < 1.29 is 14.3 Å². The summed E-state index contributed by atoms with van der Waals surface area (Å²) in [6.07, 6.45) is 2.14. The Hall–Kier alpha value is -2.41. The van der Waals surface area contributed by atoms with Crippen LogP contribution in [0.5, 0.6) is 5.75 Å². The van der Waals surface area contributed by atoms with Crippen molar-refractivity contribution in [3.8, 4) is 16.3 Å². The quantitative estimate of drug-likeness (QED) is 0.578. The molecule has 1 amide bonds. The molecule has 1 unspecified atom stereocenters. The second-order valence-corrected chi connectivity index (χ2v) is 8.06. The third kappa shape index (κ3) is 5.15. The number of nitrogens with zero attached hydrogens (tertiary/aromatic N) is 1. The highest BCUT2D eigenvalue weighted by Crippen LogP contribution is 2.33. The summed E-state index contributed by atoms with van der Waals surface area (Å²) >= 11 is 7.84. The molecule has 1 aromatic heterocycles. The van der Waals surface area contributed by atoms with Gasteiger partial charge in [-0.25, -0.2) is 4.98 Å². The Balaban J connectivity index is 1.38. The normalized spacial score (nSPS) is 16.0. The number of halogens is 1. The van der Waals surface area contributed by atoms with Gasteiger partial charge in [0.05, 0.1) is 11.1 Å². The summed E-state index contributed by atoms with van der Waals surface area (Å²) in [5.74, 6) is 0.496. The standard InChI is InChI=1S/C22H21ClN2O3S/c23-19-11-16(28-13-15-5-2-1-3-6-15)8-9-18(19)22-25-20(14-29-22)21(26)24-12-17-7-4-10-27-17/h1-3,5-6,8-9,11,14,17H,4,7,10,12-13H2,(H,24,26). The van der Waals surface area contributed by atoms with E-state index in [-0.39, 0.29) is 12.0 Å². The molecule has 2 heterocycles. The fourth-order valence-electron chi connectivity index (χ4n) is 3.10. The number of carbonyl (C=O) groups is 1. The van der Waals surface area contributed by atoms with Gasteiger partial charge >= 0.3 is 0 Å². The van der Waals surface area contributed by atoms with Crippen LogP contribution in [0.2, 0.25) is 5.02 Å². The molecule has 0 radical (unpaired) electrons. The SMILES string of the molecule is O=C(NCC1CCCO1)c1csc(-c2ccc(OCc3ccccc3)cc2Cl)n1. The molecule has 2 aromatic carbocycles. The van der Waals surface area contributed by atoms with E-state index in [9.17, 15) is 4.79 Å². The number of aromatic nitrogens is 1. The number of ether oxygens (including phenoxy) is 2. The van der Waals surface area contributed by atoms with Crippen LogP contribution in [0.15, 0.2) is 53.9 Å². The molecule has 3 aromatic rings. The minimum atomic E-state index is -0.193. The zero-order chi connectivity index (χ0) is 20.1. The molecule has 1 atom stereocenters. The van der Waals surface area contributed by atoms with Crippen LogP contribution in [-0.2, 0) is 11.3 Å². The Bertz CT molecular complexity index is 971. The first kappa shape index (κ1) is 19.9. The van der Waals surface area contributed by atoms with Gasteiger partial charge in [-0.1, -0.05) is 41.9 Å². The smallest absolute Gasteiger partial charge is 0.270 e. The van der Waals surface area contributed by atoms with Crippen LogP contribution in [0.1, 0.15) is 28.9 Å². The molecular formula is C22H21ClN2O3S. The second kappa shape index (κ2) is 9.39. The summed E-state index contributed by atoms with van der Waals surface area (Å²) in [6, 6.07) is 15.5.